The Balaban J connectivity index is 1.51. The number of fused-ring (bicyclic) bond motifs is 1. The molecule has 0 unspecified atom stereocenters. The Hall–Kier alpha value is -4.00. The number of halogens is 1. The van der Waals surface area contributed by atoms with Gasteiger partial charge in [-0.05, 0) is 55.5 Å². The molecule has 0 spiro atoms. The van der Waals surface area contributed by atoms with Crippen molar-refractivity contribution in [3.63, 3.8) is 0 Å². The summed E-state index contributed by atoms with van der Waals surface area (Å²) in [7, 11) is 0. The zero-order valence-corrected chi connectivity index (χ0v) is 18.4. The van der Waals surface area contributed by atoms with E-state index in [1.54, 1.807) is 4.90 Å². The van der Waals surface area contributed by atoms with E-state index in [4.69, 9.17) is 4.98 Å². The highest BCUT2D eigenvalue weighted by atomic mass is 19.1. The maximum absolute atomic E-state index is 13.2. The molecule has 0 fully saturated rings. The van der Waals surface area contributed by atoms with Crippen LogP contribution in [0.5, 0.6) is 0 Å². The molecule has 3 aromatic carbocycles. The van der Waals surface area contributed by atoms with Gasteiger partial charge in [0.25, 0.3) is 5.91 Å². The average Bonchev–Trinajstić information content (AvgIpc) is 3.18. The number of imidazole rings is 1. The zero-order valence-electron chi connectivity index (χ0n) is 18.4. The number of carbonyl (C=O) groups is 2. The van der Waals surface area contributed by atoms with Crippen LogP contribution >= 0.6 is 0 Å². The van der Waals surface area contributed by atoms with Crippen molar-refractivity contribution in [1.82, 2.24) is 14.9 Å². The molecular formula is C26H25FN4O2. The number of rotatable bonds is 8. The minimum Gasteiger partial charge on any atom is -0.352 e. The quantitative estimate of drug-likeness (QED) is 0.443. The average molecular weight is 445 g/mol. The lowest BCUT2D eigenvalue weighted by Gasteiger charge is -2.22. The Morgan fingerprint density at radius 2 is 1.67 bits per heavy atom. The molecule has 0 aliphatic carbocycles. The molecule has 0 atom stereocenters. The third-order valence-corrected chi connectivity index (χ3v) is 5.45. The van der Waals surface area contributed by atoms with Gasteiger partial charge in [0.1, 0.15) is 18.2 Å². The van der Waals surface area contributed by atoms with Crippen molar-refractivity contribution >= 4 is 28.5 Å². The van der Waals surface area contributed by atoms with Crippen molar-refractivity contribution in [2.75, 3.05) is 18.0 Å². The van der Waals surface area contributed by atoms with E-state index in [1.807, 2.05) is 66.1 Å². The van der Waals surface area contributed by atoms with E-state index in [0.29, 0.717) is 30.9 Å². The summed E-state index contributed by atoms with van der Waals surface area (Å²) in [5.41, 5.74) is 2.91. The van der Waals surface area contributed by atoms with E-state index < -0.39 is 0 Å². The van der Waals surface area contributed by atoms with Crippen molar-refractivity contribution in [3.05, 3.63) is 96.1 Å². The van der Waals surface area contributed by atoms with E-state index in [0.717, 1.165) is 16.7 Å². The lowest BCUT2D eigenvalue weighted by atomic mass is 10.2. The van der Waals surface area contributed by atoms with Gasteiger partial charge in [0.2, 0.25) is 5.91 Å². The van der Waals surface area contributed by atoms with E-state index >= 15 is 0 Å². The molecule has 6 nitrogen and oxygen atoms in total. The minimum atomic E-state index is -0.387. The summed E-state index contributed by atoms with van der Waals surface area (Å²) in [5.74, 6) is 0.00746. The van der Waals surface area contributed by atoms with Gasteiger partial charge in [-0.2, -0.15) is 0 Å². The second-order valence-corrected chi connectivity index (χ2v) is 7.59. The lowest BCUT2D eigenvalue weighted by Crippen LogP contribution is -2.34. The number of para-hydroxylation sites is 3. The van der Waals surface area contributed by atoms with Crippen LogP contribution in [0.25, 0.3) is 11.0 Å². The van der Waals surface area contributed by atoms with E-state index in [1.165, 1.54) is 24.3 Å². The van der Waals surface area contributed by atoms with Crippen LogP contribution in [0.1, 0.15) is 23.1 Å². The summed E-state index contributed by atoms with van der Waals surface area (Å²) in [6.45, 7) is 2.98. The van der Waals surface area contributed by atoms with Crippen LogP contribution in [-0.4, -0.2) is 34.5 Å². The van der Waals surface area contributed by atoms with E-state index in [9.17, 15) is 14.0 Å². The van der Waals surface area contributed by atoms with Gasteiger partial charge in [-0.15, -0.1) is 0 Å². The van der Waals surface area contributed by atoms with Gasteiger partial charge in [0, 0.05) is 30.8 Å². The molecular weight excluding hydrogens is 419 g/mol. The van der Waals surface area contributed by atoms with Crippen LogP contribution in [0.15, 0.2) is 78.9 Å². The fourth-order valence-electron chi connectivity index (χ4n) is 3.82. The summed E-state index contributed by atoms with van der Waals surface area (Å²) in [6, 6.07) is 22.6. The maximum Gasteiger partial charge on any atom is 0.251 e. The molecule has 0 aliphatic rings. The molecule has 2 amide bonds. The first-order chi connectivity index (χ1) is 16.1. The number of likely N-dealkylation sites (N-methyl/N-ethyl adjacent to an activating group) is 1. The first-order valence-electron chi connectivity index (χ1n) is 10.9. The monoisotopic (exact) mass is 444 g/mol. The summed E-state index contributed by atoms with van der Waals surface area (Å²) in [4.78, 5) is 32.0. The molecule has 0 saturated carbocycles. The van der Waals surface area contributed by atoms with Gasteiger partial charge in [0.05, 0.1) is 11.0 Å². The summed E-state index contributed by atoms with van der Waals surface area (Å²) >= 11 is 0. The van der Waals surface area contributed by atoms with Gasteiger partial charge in [-0.25, -0.2) is 9.37 Å². The van der Waals surface area contributed by atoms with Crippen molar-refractivity contribution in [2.45, 2.75) is 19.9 Å². The minimum absolute atomic E-state index is 0.0385. The second kappa shape index (κ2) is 10.1. The van der Waals surface area contributed by atoms with E-state index in [2.05, 4.69) is 5.32 Å². The number of aromatic nitrogens is 2. The molecule has 4 rings (SSSR count). The Labute approximate surface area is 191 Å². The Bertz CT molecular complexity index is 1250. The molecule has 4 aromatic rings. The van der Waals surface area contributed by atoms with Crippen molar-refractivity contribution in [2.24, 2.45) is 0 Å². The van der Waals surface area contributed by atoms with Gasteiger partial charge < -0.3 is 14.8 Å². The Kier molecular flexibility index (Phi) is 6.78. The smallest absolute Gasteiger partial charge is 0.251 e. The van der Waals surface area contributed by atoms with Gasteiger partial charge in [0.15, 0.2) is 0 Å². The number of nitrogens with zero attached hydrogens (tertiary/aromatic N) is 3. The maximum atomic E-state index is 13.2. The standard InChI is InChI=1S/C26H25FN4O2/c1-2-30(21-8-4-3-5-9-21)25(32)18-31-23-11-7-6-10-22(23)29-24(31)16-17-28-26(33)19-12-14-20(27)15-13-19/h3-15H,2,16-18H2,1H3,(H,28,33). The molecule has 0 aliphatic heterocycles. The summed E-state index contributed by atoms with van der Waals surface area (Å²) in [5, 5.41) is 2.84. The first-order valence-corrected chi connectivity index (χ1v) is 10.9. The second-order valence-electron chi connectivity index (χ2n) is 7.59. The molecule has 168 valence electrons. The molecule has 33 heavy (non-hydrogen) atoms. The summed E-state index contributed by atoms with van der Waals surface area (Å²) in [6.07, 6.45) is 0.451. The van der Waals surface area contributed by atoms with Crippen LogP contribution in [-0.2, 0) is 17.8 Å². The molecule has 1 aromatic heterocycles. The highest BCUT2D eigenvalue weighted by molar-refractivity contribution is 5.94. The fourth-order valence-corrected chi connectivity index (χ4v) is 3.82. The Morgan fingerprint density at radius 3 is 2.39 bits per heavy atom. The van der Waals surface area contributed by atoms with Crippen molar-refractivity contribution in [3.8, 4) is 0 Å². The van der Waals surface area contributed by atoms with Gasteiger partial charge in [-0.3, -0.25) is 9.59 Å². The van der Waals surface area contributed by atoms with Crippen LogP contribution in [0, 0.1) is 5.82 Å². The SMILES string of the molecule is CCN(C(=O)Cn1c(CCNC(=O)c2ccc(F)cc2)nc2ccccc21)c1ccccc1. The molecule has 0 radical (unpaired) electrons. The Morgan fingerprint density at radius 1 is 0.970 bits per heavy atom. The van der Waals surface area contributed by atoms with Crippen LogP contribution < -0.4 is 10.2 Å². The third kappa shape index (κ3) is 5.09. The first kappa shape index (κ1) is 22.2. The third-order valence-electron chi connectivity index (χ3n) is 5.45. The molecule has 0 bridgehead atoms. The normalized spacial score (nSPS) is 10.8. The predicted molar refractivity (Wildman–Crippen MR) is 127 cm³/mol. The number of anilines is 1. The van der Waals surface area contributed by atoms with Crippen molar-refractivity contribution < 1.29 is 14.0 Å². The highest BCUT2D eigenvalue weighted by Gasteiger charge is 2.18. The van der Waals surface area contributed by atoms with Gasteiger partial charge in [-0.1, -0.05) is 30.3 Å². The zero-order chi connectivity index (χ0) is 23.2. The molecule has 0 saturated heterocycles. The summed E-state index contributed by atoms with van der Waals surface area (Å²) < 4.78 is 15.0. The number of hydrogen-bond donors (Lipinski definition) is 1. The van der Waals surface area contributed by atoms with Gasteiger partial charge >= 0.3 is 0 Å². The molecule has 1 heterocycles. The number of carbonyl (C=O) groups excluding carboxylic acids is 2. The topological polar surface area (TPSA) is 67.2 Å². The number of amides is 2. The highest BCUT2D eigenvalue weighted by Crippen LogP contribution is 2.19. The number of benzene rings is 3. The lowest BCUT2D eigenvalue weighted by molar-refractivity contribution is -0.119. The van der Waals surface area contributed by atoms with Crippen LogP contribution in [0.3, 0.4) is 0 Å². The van der Waals surface area contributed by atoms with E-state index in [-0.39, 0.29) is 24.2 Å². The fraction of sp³-hybridized carbons (Fsp3) is 0.192. The largest absolute Gasteiger partial charge is 0.352 e. The molecule has 7 heteroatoms. The predicted octanol–water partition coefficient (Wildman–Crippen LogP) is 4.20. The van der Waals surface area contributed by atoms with Crippen LogP contribution in [0.4, 0.5) is 10.1 Å². The molecule has 1 N–H and O–H groups in total. The number of hydrogen-bond acceptors (Lipinski definition) is 3. The number of nitrogens with one attached hydrogen (secondary N) is 1. The van der Waals surface area contributed by atoms with Crippen molar-refractivity contribution in [1.29, 1.82) is 0 Å². The van der Waals surface area contributed by atoms with Crippen LogP contribution in [0.2, 0.25) is 0 Å².